The summed E-state index contributed by atoms with van der Waals surface area (Å²) in [7, 11) is -2.33. The molecule has 1 atom stereocenters. The molecule has 0 amide bonds. The van der Waals surface area contributed by atoms with Crippen LogP contribution < -0.4 is 0 Å². The number of nitrogens with zero attached hydrogens (tertiary/aromatic N) is 1. The van der Waals surface area contributed by atoms with E-state index in [1.165, 1.54) is 14.0 Å². The van der Waals surface area contributed by atoms with Crippen LogP contribution in [0.25, 0.3) is 0 Å². The number of aliphatic carboxylic acids is 1. The lowest BCUT2D eigenvalue weighted by molar-refractivity contribution is -0.140. The molecule has 0 fully saturated rings. The highest BCUT2D eigenvalue weighted by molar-refractivity contribution is 7.88. The SMILES string of the molecule is CC(C(=O)O)N(C)S(=O)(=O)Cc1ccccc1. The first-order valence-corrected chi connectivity index (χ1v) is 6.68. The molecule has 0 bridgehead atoms. The number of carbonyl (C=O) groups is 1. The van der Waals surface area contributed by atoms with E-state index in [2.05, 4.69) is 0 Å². The van der Waals surface area contributed by atoms with Gasteiger partial charge in [-0.2, -0.15) is 4.31 Å². The van der Waals surface area contributed by atoms with E-state index in [1.807, 2.05) is 0 Å². The van der Waals surface area contributed by atoms with Gasteiger partial charge in [-0.3, -0.25) is 4.79 Å². The Hall–Kier alpha value is -1.40. The van der Waals surface area contributed by atoms with Crippen molar-refractivity contribution < 1.29 is 18.3 Å². The Morgan fingerprint density at radius 2 is 1.88 bits per heavy atom. The Labute approximate surface area is 101 Å². The van der Waals surface area contributed by atoms with Crippen LogP contribution in [0.4, 0.5) is 0 Å². The van der Waals surface area contributed by atoms with Gasteiger partial charge in [0, 0.05) is 7.05 Å². The van der Waals surface area contributed by atoms with Crippen LogP contribution >= 0.6 is 0 Å². The molecule has 1 aromatic carbocycles. The molecule has 1 N–H and O–H groups in total. The van der Waals surface area contributed by atoms with Crippen molar-refractivity contribution in [2.75, 3.05) is 7.05 Å². The molecular formula is C11H15NO4S. The highest BCUT2D eigenvalue weighted by Gasteiger charge is 2.27. The maximum atomic E-state index is 11.9. The number of sulfonamides is 1. The maximum absolute atomic E-state index is 11.9. The second kappa shape index (κ2) is 5.29. The van der Waals surface area contributed by atoms with Gasteiger partial charge in [-0.1, -0.05) is 30.3 Å². The Kier molecular flexibility index (Phi) is 4.25. The molecule has 94 valence electrons. The van der Waals surface area contributed by atoms with Crippen molar-refractivity contribution in [3.8, 4) is 0 Å². The summed E-state index contributed by atoms with van der Waals surface area (Å²) in [6, 6.07) is 7.59. The largest absolute Gasteiger partial charge is 0.480 e. The Morgan fingerprint density at radius 3 is 2.35 bits per heavy atom. The van der Waals surface area contributed by atoms with Crippen molar-refractivity contribution in [2.24, 2.45) is 0 Å². The van der Waals surface area contributed by atoms with Gasteiger partial charge in [0.25, 0.3) is 0 Å². The van der Waals surface area contributed by atoms with Gasteiger partial charge in [0.15, 0.2) is 0 Å². The average molecular weight is 257 g/mol. The quantitative estimate of drug-likeness (QED) is 0.851. The molecule has 0 heterocycles. The molecule has 0 spiro atoms. The van der Waals surface area contributed by atoms with Crippen molar-refractivity contribution in [2.45, 2.75) is 18.7 Å². The van der Waals surface area contributed by atoms with E-state index in [-0.39, 0.29) is 5.75 Å². The van der Waals surface area contributed by atoms with Gasteiger partial charge < -0.3 is 5.11 Å². The number of likely N-dealkylation sites (N-methyl/N-ethyl adjacent to an activating group) is 1. The fourth-order valence-corrected chi connectivity index (χ4v) is 2.67. The van der Waals surface area contributed by atoms with E-state index in [4.69, 9.17) is 5.11 Å². The van der Waals surface area contributed by atoms with Gasteiger partial charge >= 0.3 is 5.97 Å². The summed E-state index contributed by atoms with van der Waals surface area (Å²) in [5, 5.41) is 8.78. The molecule has 5 nitrogen and oxygen atoms in total. The van der Waals surface area contributed by atoms with Gasteiger partial charge in [-0.15, -0.1) is 0 Å². The molecule has 0 aliphatic heterocycles. The van der Waals surface area contributed by atoms with Gasteiger partial charge in [0.2, 0.25) is 10.0 Å². The van der Waals surface area contributed by atoms with Crippen LogP contribution in [-0.2, 0) is 20.6 Å². The normalized spacial score (nSPS) is 13.6. The zero-order chi connectivity index (χ0) is 13.1. The standard InChI is InChI=1S/C11H15NO4S/c1-9(11(13)14)12(2)17(15,16)8-10-6-4-3-5-7-10/h3-7,9H,8H2,1-2H3,(H,13,14). The summed E-state index contributed by atoms with van der Waals surface area (Å²) < 4.78 is 24.7. The molecule has 1 unspecified atom stereocenters. The molecule has 0 aliphatic rings. The molecular weight excluding hydrogens is 242 g/mol. The first kappa shape index (κ1) is 13.7. The minimum absolute atomic E-state index is 0.193. The monoisotopic (exact) mass is 257 g/mol. The second-order valence-corrected chi connectivity index (χ2v) is 5.80. The summed E-state index contributed by atoms with van der Waals surface area (Å²) in [6.45, 7) is 1.34. The third-order valence-electron chi connectivity index (χ3n) is 2.53. The number of hydrogen-bond donors (Lipinski definition) is 1. The topological polar surface area (TPSA) is 74.7 Å². The zero-order valence-electron chi connectivity index (χ0n) is 9.70. The Bertz CT molecular complexity index is 483. The molecule has 1 rings (SSSR count). The van der Waals surface area contributed by atoms with Gasteiger partial charge in [-0.25, -0.2) is 8.42 Å². The molecule has 0 saturated heterocycles. The highest BCUT2D eigenvalue weighted by Crippen LogP contribution is 2.11. The minimum Gasteiger partial charge on any atom is -0.480 e. The summed E-state index contributed by atoms with van der Waals surface area (Å²) in [5.74, 6) is -1.36. The second-order valence-electron chi connectivity index (χ2n) is 3.77. The lowest BCUT2D eigenvalue weighted by Gasteiger charge is -2.20. The summed E-state index contributed by atoms with van der Waals surface area (Å²) >= 11 is 0. The Morgan fingerprint density at radius 1 is 1.35 bits per heavy atom. The fraction of sp³-hybridized carbons (Fsp3) is 0.364. The number of benzene rings is 1. The predicted octanol–water partition coefficient (Wildman–Crippen LogP) is 0.921. The van der Waals surface area contributed by atoms with E-state index >= 15 is 0 Å². The van der Waals surface area contributed by atoms with Crippen molar-refractivity contribution >= 4 is 16.0 Å². The first-order chi connectivity index (χ1) is 7.84. The van der Waals surface area contributed by atoms with Crippen LogP contribution in [0.5, 0.6) is 0 Å². The summed E-state index contributed by atoms with van der Waals surface area (Å²) in [4.78, 5) is 10.7. The van der Waals surface area contributed by atoms with Crippen molar-refractivity contribution in [1.29, 1.82) is 0 Å². The van der Waals surface area contributed by atoms with E-state index in [1.54, 1.807) is 30.3 Å². The van der Waals surface area contributed by atoms with Gasteiger partial charge in [-0.05, 0) is 12.5 Å². The smallest absolute Gasteiger partial charge is 0.321 e. The van der Waals surface area contributed by atoms with Crippen LogP contribution in [0.2, 0.25) is 0 Å². The van der Waals surface area contributed by atoms with Crippen LogP contribution in [0.1, 0.15) is 12.5 Å². The number of carboxylic acid groups (broad SMARTS) is 1. The molecule has 0 saturated carbocycles. The van der Waals surface area contributed by atoms with Crippen molar-refractivity contribution in [3.63, 3.8) is 0 Å². The van der Waals surface area contributed by atoms with Gasteiger partial charge in [0.05, 0.1) is 5.75 Å². The lowest BCUT2D eigenvalue weighted by atomic mass is 10.2. The summed E-state index contributed by atoms with van der Waals surface area (Å²) in [6.07, 6.45) is 0. The number of rotatable bonds is 5. The van der Waals surface area contributed by atoms with Crippen molar-refractivity contribution in [1.82, 2.24) is 4.31 Å². The van der Waals surface area contributed by atoms with Gasteiger partial charge in [0.1, 0.15) is 6.04 Å². The maximum Gasteiger partial charge on any atom is 0.321 e. The third-order valence-corrected chi connectivity index (χ3v) is 4.43. The van der Waals surface area contributed by atoms with E-state index in [0.717, 1.165) is 4.31 Å². The van der Waals surface area contributed by atoms with Crippen LogP contribution in [0.15, 0.2) is 30.3 Å². The van der Waals surface area contributed by atoms with Crippen molar-refractivity contribution in [3.05, 3.63) is 35.9 Å². The summed E-state index contributed by atoms with van der Waals surface area (Å²) in [5.41, 5.74) is 0.636. The lowest BCUT2D eigenvalue weighted by Crippen LogP contribution is -2.40. The third kappa shape index (κ3) is 3.54. The fourth-order valence-electron chi connectivity index (χ4n) is 1.28. The zero-order valence-corrected chi connectivity index (χ0v) is 10.5. The Balaban J connectivity index is 2.86. The molecule has 6 heteroatoms. The van der Waals surface area contributed by atoms with Crippen LogP contribution in [0.3, 0.4) is 0 Å². The molecule has 0 radical (unpaired) electrons. The molecule has 0 aliphatic carbocycles. The minimum atomic E-state index is -3.61. The predicted molar refractivity (Wildman–Crippen MR) is 63.9 cm³/mol. The molecule has 17 heavy (non-hydrogen) atoms. The number of hydrogen-bond acceptors (Lipinski definition) is 3. The van der Waals surface area contributed by atoms with Crippen LogP contribution in [0, 0.1) is 0 Å². The molecule has 1 aromatic rings. The highest BCUT2D eigenvalue weighted by atomic mass is 32.2. The average Bonchev–Trinajstić information content (AvgIpc) is 2.27. The van der Waals surface area contributed by atoms with E-state index in [0.29, 0.717) is 5.56 Å². The number of carboxylic acids is 1. The molecule has 0 aromatic heterocycles. The van der Waals surface area contributed by atoms with E-state index in [9.17, 15) is 13.2 Å². The van der Waals surface area contributed by atoms with Crippen LogP contribution in [-0.4, -0.2) is 36.9 Å². The van der Waals surface area contributed by atoms with E-state index < -0.39 is 22.0 Å². The first-order valence-electron chi connectivity index (χ1n) is 5.07.